The Bertz CT molecular complexity index is 325. The summed E-state index contributed by atoms with van der Waals surface area (Å²) in [7, 11) is 3.63. The molecule has 0 radical (unpaired) electrons. The lowest BCUT2D eigenvalue weighted by atomic mass is 10.1. The van der Waals surface area contributed by atoms with Crippen LogP contribution in [0.2, 0.25) is 0 Å². The molecule has 3 nitrogen and oxygen atoms in total. The summed E-state index contributed by atoms with van der Waals surface area (Å²) in [5, 5.41) is 10.1. The Hall–Kier alpha value is -1.06. The van der Waals surface area contributed by atoms with Gasteiger partial charge in [0.15, 0.2) is 0 Å². The normalized spacial score (nSPS) is 13.2. The van der Waals surface area contributed by atoms with Crippen molar-refractivity contribution >= 4 is 0 Å². The topological polar surface area (TPSA) is 32.7 Å². The summed E-state index contributed by atoms with van der Waals surface area (Å²) in [5.74, 6) is 0.743. The molecule has 0 saturated heterocycles. The van der Waals surface area contributed by atoms with E-state index in [2.05, 4.69) is 18.7 Å². The van der Waals surface area contributed by atoms with Gasteiger partial charge in [-0.25, -0.2) is 0 Å². The van der Waals surface area contributed by atoms with Gasteiger partial charge >= 0.3 is 0 Å². The fraction of sp³-hybridized carbons (Fsp3) is 0.538. The molecule has 0 aliphatic carbocycles. The summed E-state index contributed by atoms with van der Waals surface area (Å²) in [4.78, 5) is 2.11. The predicted molar refractivity (Wildman–Crippen MR) is 65.7 cm³/mol. The maximum atomic E-state index is 10.1. The van der Waals surface area contributed by atoms with E-state index < -0.39 is 6.10 Å². The van der Waals surface area contributed by atoms with Gasteiger partial charge in [0.2, 0.25) is 0 Å². The molecule has 16 heavy (non-hydrogen) atoms. The van der Waals surface area contributed by atoms with Crippen molar-refractivity contribution in [1.82, 2.24) is 4.90 Å². The number of likely N-dealkylation sites (N-methyl/N-ethyl adjacent to an activating group) is 1. The molecule has 1 aromatic carbocycles. The minimum atomic E-state index is -0.511. The summed E-state index contributed by atoms with van der Waals surface area (Å²) >= 11 is 0. The van der Waals surface area contributed by atoms with Crippen molar-refractivity contribution in [2.75, 3.05) is 20.7 Å². The van der Waals surface area contributed by atoms with E-state index in [1.807, 2.05) is 31.3 Å². The first-order valence-corrected chi connectivity index (χ1v) is 5.57. The Morgan fingerprint density at radius 3 is 2.50 bits per heavy atom. The van der Waals surface area contributed by atoms with E-state index >= 15 is 0 Å². The first kappa shape index (κ1) is 13.0. The van der Waals surface area contributed by atoms with Crippen LogP contribution >= 0.6 is 0 Å². The fourth-order valence-corrected chi connectivity index (χ4v) is 1.52. The Labute approximate surface area is 97.7 Å². The second-order valence-electron chi connectivity index (χ2n) is 4.29. The molecule has 0 heterocycles. The first-order valence-electron chi connectivity index (χ1n) is 5.57. The van der Waals surface area contributed by atoms with Crippen molar-refractivity contribution < 1.29 is 9.84 Å². The zero-order valence-electron chi connectivity index (χ0n) is 10.5. The van der Waals surface area contributed by atoms with Gasteiger partial charge in [0.1, 0.15) is 5.75 Å². The van der Waals surface area contributed by atoms with Gasteiger partial charge in [-0.15, -0.1) is 0 Å². The van der Waals surface area contributed by atoms with Gasteiger partial charge in [-0.05, 0) is 27.0 Å². The Balaban J connectivity index is 2.76. The quantitative estimate of drug-likeness (QED) is 0.829. The molecule has 1 atom stereocenters. The summed E-state index contributed by atoms with van der Waals surface area (Å²) in [6, 6.07) is 8.01. The number of para-hydroxylation sites is 1. The molecule has 0 saturated carbocycles. The number of aliphatic hydroxyl groups is 1. The monoisotopic (exact) mass is 223 g/mol. The number of hydrogen-bond donors (Lipinski definition) is 1. The average Bonchev–Trinajstić information content (AvgIpc) is 2.28. The molecule has 0 aliphatic rings. The standard InChI is InChI=1S/C13H21NO2/c1-10(2)14(3)9-12(15)11-7-5-6-8-13(11)16-4/h5-8,10,12,15H,9H2,1-4H3. The lowest BCUT2D eigenvalue weighted by Crippen LogP contribution is -2.30. The lowest BCUT2D eigenvalue weighted by molar-refractivity contribution is 0.110. The zero-order valence-corrected chi connectivity index (χ0v) is 10.5. The highest BCUT2D eigenvalue weighted by Crippen LogP contribution is 2.25. The summed E-state index contributed by atoms with van der Waals surface area (Å²) in [6.07, 6.45) is -0.511. The van der Waals surface area contributed by atoms with E-state index in [0.29, 0.717) is 12.6 Å². The van der Waals surface area contributed by atoms with Gasteiger partial charge in [-0.3, -0.25) is 0 Å². The molecule has 0 aliphatic heterocycles. The van der Waals surface area contributed by atoms with Crippen LogP contribution in [0.4, 0.5) is 0 Å². The summed E-state index contributed by atoms with van der Waals surface area (Å²) in [6.45, 7) is 4.82. The van der Waals surface area contributed by atoms with Gasteiger partial charge in [0.05, 0.1) is 13.2 Å². The number of methoxy groups -OCH3 is 1. The molecule has 1 N–H and O–H groups in total. The molecule has 90 valence electrons. The number of aliphatic hydroxyl groups excluding tert-OH is 1. The molecule has 1 aromatic rings. The Kier molecular flexibility index (Phi) is 4.77. The lowest BCUT2D eigenvalue weighted by Gasteiger charge is -2.25. The van der Waals surface area contributed by atoms with Crippen molar-refractivity contribution in [3.63, 3.8) is 0 Å². The van der Waals surface area contributed by atoms with E-state index in [4.69, 9.17) is 4.74 Å². The molecular formula is C13H21NO2. The van der Waals surface area contributed by atoms with Gasteiger partial charge in [-0.1, -0.05) is 18.2 Å². The van der Waals surface area contributed by atoms with Crippen molar-refractivity contribution in [2.45, 2.75) is 26.0 Å². The van der Waals surface area contributed by atoms with E-state index in [1.54, 1.807) is 7.11 Å². The third kappa shape index (κ3) is 3.22. The van der Waals surface area contributed by atoms with Crippen LogP contribution in [0.3, 0.4) is 0 Å². The molecule has 0 spiro atoms. The number of benzene rings is 1. The minimum absolute atomic E-state index is 0.421. The molecule has 0 aromatic heterocycles. The molecule has 1 rings (SSSR count). The van der Waals surface area contributed by atoms with E-state index in [0.717, 1.165) is 11.3 Å². The minimum Gasteiger partial charge on any atom is -0.496 e. The van der Waals surface area contributed by atoms with Crippen molar-refractivity contribution in [3.8, 4) is 5.75 Å². The molecular weight excluding hydrogens is 202 g/mol. The van der Waals surface area contributed by atoms with Crippen molar-refractivity contribution in [3.05, 3.63) is 29.8 Å². The maximum absolute atomic E-state index is 10.1. The first-order chi connectivity index (χ1) is 7.56. The van der Waals surface area contributed by atoms with Crippen LogP contribution in [0.1, 0.15) is 25.5 Å². The SMILES string of the molecule is COc1ccccc1C(O)CN(C)C(C)C. The van der Waals surface area contributed by atoms with Crippen LogP contribution in [0.15, 0.2) is 24.3 Å². The number of nitrogens with zero attached hydrogens (tertiary/aromatic N) is 1. The van der Waals surface area contributed by atoms with Crippen LogP contribution in [-0.4, -0.2) is 36.8 Å². The smallest absolute Gasteiger partial charge is 0.124 e. The Morgan fingerprint density at radius 2 is 1.94 bits per heavy atom. The molecule has 0 amide bonds. The van der Waals surface area contributed by atoms with Crippen LogP contribution < -0.4 is 4.74 Å². The highest BCUT2D eigenvalue weighted by Gasteiger charge is 2.15. The van der Waals surface area contributed by atoms with Crippen LogP contribution in [0.5, 0.6) is 5.75 Å². The molecule has 1 unspecified atom stereocenters. The van der Waals surface area contributed by atoms with Gasteiger partial charge in [0.25, 0.3) is 0 Å². The van der Waals surface area contributed by atoms with E-state index in [9.17, 15) is 5.11 Å². The molecule has 0 fully saturated rings. The zero-order chi connectivity index (χ0) is 12.1. The fourth-order valence-electron chi connectivity index (χ4n) is 1.52. The largest absolute Gasteiger partial charge is 0.496 e. The van der Waals surface area contributed by atoms with E-state index in [1.165, 1.54) is 0 Å². The third-order valence-electron chi connectivity index (χ3n) is 2.84. The van der Waals surface area contributed by atoms with Crippen molar-refractivity contribution in [1.29, 1.82) is 0 Å². The van der Waals surface area contributed by atoms with Crippen LogP contribution in [0, 0.1) is 0 Å². The molecule has 0 bridgehead atoms. The summed E-state index contributed by atoms with van der Waals surface area (Å²) in [5.41, 5.74) is 0.845. The highest BCUT2D eigenvalue weighted by atomic mass is 16.5. The third-order valence-corrected chi connectivity index (χ3v) is 2.84. The average molecular weight is 223 g/mol. The van der Waals surface area contributed by atoms with Crippen LogP contribution in [0.25, 0.3) is 0 Å². The molecule has 3 heteroatoms. The maximum Gasteiger partial charge on any atom is 0.124 e. The summed E-state index contributed by atoms with van der Waals surface area (Å²) < 4.78 is 5.23. The number of ether oxygens (including phenoxy) is 1. The Morgan fingerprint density at radius 1 is 1.31 bits per heavy atom. The number of rotatable bonds is 5. The van der Waals surface area contributed by atoms with Crippen molar-refractivity contribution in [2.24, 2.45) is 0 Å². The van der Waals surface area contributed by atoms with E-state index in [-0.39, 0.29) is 0 Å². The van der Waals surface area contributed by atoms with Crippen LogP contribution in [-0.2, 0) is 0 Å². The predicted octanol–water partition coefficient (Wildman–Crippen LogP) is 2.07. The second-order valence-corrected chi connectivity index (χ2v) is 4.29. The van der Waals surface area contributed by atoms with Gasteiger partial charge in [0, 0.05) is 18.2 Å². The second kappa shape index (κ2) is 5.87. The number of hydrogen-bond acceptors (Lipinski definition) is 3. The van der Waals surface area contributed by atoms with Gasteiger partial charge in [-0.2, -0.15) is 0 Å². The highest BCUT2D eigenvalue weighted by molar-refractivity contribution is 5.35. The van der Waals surface area contributed by atoms with Gasteiger partial charge < -0.3 is 14.7 Å².